The summed E-state index contributed by atoms with van der Waals surface area (Å²) < 4.78 is 0. The number of fused-ring (bicyclic) bond motifs is 1. The van der Waals surface area contributed by atoms with Crippen LogP contribution in [0.5, 0.6) is 0 Å². The second kappa shape index (κ2) is 4.61. The van der Waals surface area contributed by atoms with Crippen LogP contribution < -0.4 is 0 Å². The highest BCUT2D eigenvalue weighted by Gasteiger charge is 2.06. The second-order valence-corrected chi connectivity index (χ2v) is 3.57. The molecule has 0 aliphatic carbocycles. The lowest BCUT2D eigenvalue weighted by molar-refractivity contribution is -0.146. The summed E-state index contributed by atoms with van der Waals surface area (Å²) in [6.45, 7) is 0. The van der Waals surface area contributed by atoms with Crippen molar-refractivity contribution in [3.05, 3.63) is 54.1 Å². The van der Waals surface area contributed by atoms with E-state index in [4.69, 9.17) is 5.11 Å². The maximum atomic E-state index is 11.0. The van der Waals surface area contributed by atoms with Crippen molar-refractivity contribution in [1.82, 2.24) is 0 Å². The fourth-order valence-electron chi connectivity index (χ4n) is 1.63. The smallest absolute Gasteiger partial charge is 0.376 e. The number of carboxylic acid groups (broad SMARTS) is 1. The van der Waals surface area contributed by atoms with Crippen molar-refractivity contribution in [3.63, 3.8) is 0 Å². The van der Waals surface area contributed by atoms with Gasteiger partial charge in [0.2, 0.25) is 0 Å². The van der Waals surface area contributed by atoms with Crippen LogP contribution in [0.1, 0.15) is 5.56 Å². The quantitative estimate of drug-likeness (QED) is 0.646. The number of aliphatic carboxylic acids is 1. The van der Waals surface area contributed by atoms with Crippen LogP contribution in [0.4, 0.5) is 0 Å². The molecule has 2 rings (SSSR count). The minimum absolute atomic E-state index is 0.831. The fourth-order valence-corrected chi connectivity index (χ4v) is 1.63. The molecule has 0 fully saturated rings. The number of carbonyl (C=O) groups is 2. The maximum Gasteiger partial charge on any atom is 0.376 e. The first-order valence-electron chi connectivity index (χ1n) is 5.11. The summed E-state index contributed by atoms with van der Waals surface area (Å²) in [7, 11) is 0. The number of ketones is 1. The molecule has 84 valence electrons. The molecule has 0 heterocycles. The average molecular weight is 226 g/mol. The average Bonchev–Trinajstić information content (AvgIpc) is 2.35. The molecule has 0 amide bonds. The highest BCUT2D eigenvalue weighted by molar-refractivity contribution is 6.38. The molecule has 0 radical (unpaired) electrons. The van der Waals surface area contributed by atoms with Gasteiger partial charge in [-0.15, -0.1) is 0 Å². The van der Waals surface area contributed by atoms with E-state index in [0.717, 1.165) is 22.4 Å². The Balaban J connectivity index is 2.43. The zero-order valence-corrected chi connectivity index (χ0v) is 8.96. The van der Waals surface area contributed by atoms with Crippen molar-refractivity contribution in [2.24, 2.45) is 0 Å². The molecule has 0 spiro atoms. The molecule has 0 saturated carbocycles. The Kier molecular flexibility index (Phi) is 3.01. The van der Waals surface area contributed by atoms with Crippen LogP contribution in [0.2, 0.25) is 0 Å². The number of carbonyl (C=O) groups excluding carboxylic acids is 1. The van der Waals surface area contributed by atoms with Gasteiger partial charge in [0, 0.05) is 0 Å². The van der Waals surface area contributed by atoms with Crippen molar-refractivity contribution in [2.75, 3.05) is 0 Å². The monoisotopic (exact) mass is 226 g/mol. The lowest BCUT2D eigenvalue weighted by atomic mass is 10.0. The first kappa shape index (κ1) is 11.1. The van der Waals surface area contributed by atoms with Gasteiger partial charge in [-0.25, -0.2) is 4.79 Å². The Morgan fingerprint density at radius 2 is 1.71 bits per heavy atom. The molecule has 0 aliphatic heterocycles. The molecule has 0 unspecified atom stereocenters. The molecule has 3 nitrogen and oxygen atoms in total. The van der Waals surface area contributed by atoms with Gasteiger partial charge in [0.1, 0.15) is 0 Å². The Labute approximate surface area is 98.0 Å². The molecular weight excluding hydrogens is 216 g/mol. The Morgan fingerprint density at radius 3 is 2.47 bits per heavy atom. The first-order valence-corrected chi connectivity index (χ1v) is 5.11. The van der Waals surface area contributed by atoms with E-state index in [1.165, 1.54) is 6.08 Å². The molecule has 17 heavy (non-hydrogen) atoms. The van der Waals surface area contributed by atoms with E-state index in [2.05, 4.69) is 0 Å². The third kappa shape index (κ3) is 2.39. The lowest BCUT2D eigenvalue weighted by Crippen LogP contribution is -2.08. The van der Waals surface area contributed by atoms with E-state index in [1.807, 2.05) is 42.5 Å². The van der Waals surface area contributed by atoms with Crippen LogP contribution in [0.15, 0.2) is 48.5 Å². The summed E-state index contributed by atoms with van der Waals surface area (Å²) >= 11 is 0. The lowest BCUT2D eigenvalue weighted by Gasteiger charge is -2.00. The van der Waals surface area contributed by atoms with Gasteiger partial charge in [0.25, 0.3) is 5.78 Å². The molecule has 0 aromatic heterocycles. The van der Waals surface area contributed by atoms with Crippen molar-refractivity contribution in [3.8, 4) is 0 Å². The molecule has 2 aromatic rings. The van der Waals surface area contributed by atoms with Gasteiger partial charge in [-0.05, 0) is 22.4 Å². The van der Waals surface area contributed by atoms with Gasteiger partial charge in [-0.1, -0.05) is 48.5 Å². The normalized spacial score (nSPS) is 10.8. The van der Waals surface area contributed by atoms with E-state index < -0.39 is 11.8 Å². The van der Waals surface area contributed by atoms with E-state index in [1.54, 1.807) is 0 Å². The van der Waals surface area contributed by atoms with Crippen LogP contribution in [0.3, 0.4) is 0 Å². The predicted octanol–water partition coefficient (Wildman–Crippen LogP) is 2.51. The largest absolute Gasteiger partial charge is 0.475 e. The standard InChI is InChI=1S/C14H10O3/c15-13(14(16)17)9-8-11-6-3-5-10-4-1-2-7-12(10)11/h1-9H,(H,16,17)/b9-8+. The van der Waals surface area contributed by atoms with E-state index >= 15 is 0 Å². The number of benzene rings is 2. The second-order valence-electron chi connectivity index (χ2n) is 3.57. The molecule has 1 N–H and O–H groups in total. The SMILES string of the molecule is O=C(O)C(=O)/C=C/c1cccc2ccccc12. The summed E-state index contributed by atoms with van der Waals surface area (Å²) in [6.07, 6.45) is 2.60. The number of hydrogen-bond acceptors (Lipinski definition) is 2. The predicted molar refractivity (Wildman–Crippen MR) is 65.6 cm³/mol. The minimum Gasteiger partial charge on any atom is -0.475 e. The summed E-state index contributed by atoms with van der Waals surface area (Å²) in [5.74, 6) is -2.36. The highest BCUT2D eigenvalue weighted by atomic mass is 16.4. The van der Waals surface area contributed by atoms with Gasteiger partial charge in [-0.3, -0.25) is 4.79 Å². The Bertz CT molecular complexity index is 606. The van der Waals surface area contributed by atoms with Crippen LogP contribution >= 0.6 is 0 Å². The van der Waals surface area contributed by atoms with Gasteiger partial charge >= 0.3 is 5.97 Å². The van der Waals surface area contributed by atoms with Crippen molar-refractivity contribution < 1.29 is 14.7 Å². The summed E-state index contributed by atoms with van der Waals surface area (Å²) in [5, 5.41) is 10.5. The molecule has 0 aliphatic rings. The number of rotatable bonds is 3. The Hall–Kier alpha value is -2.42. The van der Waals surface area contributed by atoms with Crippen molar-refractivity contribution in [2.45, 2.75) is 0 Å². The highest BCUT2D eigenvalue weighted by Crippen LogP contribution is 2.19. The molecular formula is C14H10O3. The fraction of sp³-hybridized carbons (Fsp3) is 0. The molecule has 2 aromatic carbocycles. The molecule has 0 bridgehead atoms. The van der Waals surface area contributed by atoms with Crippen LogP contribution in [0.25, 0.3) is 16.8 Å². The molecule has 3 heteroatoms. The first-order chi connectivity index (χ1) is 8.18. The maximum absolute atomic E-state index is 11.0. The van der Waals surface area contributed by atoms with Crippen LogP contribution in [0, 0.1) is 0 Å². The zero-order chi connectivity index (χ0) is 12.3. The number of hydrogen-bond donors (Lipinski definition) is 1. The third-order valence-corrected chi connectivity index (χ3v) is 2.45. The van der Waals surface area contributed by atoms with Gasteiger partial charge in [0.15, 0.2) is 0 Å². The number of carboxylic acids is 1. The zero-order valence-electron chi connectivity index (χ0n) is 8.96. The minimum atomic E-state index is -1.44. The van der Waals surface area contributed by atoms with Gasteiger partial charge in [0.05, 0.1) is 0 Å². The third-order valence-electron chi connectivity index (χ3n) is 2.45. The van der Waals surface area contributed by atoms with Crippen LogP contribution in [-0.2, 0) is 9.59 Å². The topological polar surface area (TPSA) is 54.4 Å². The van der Waals surface area contributed by atoms with Crippen molar-refractivity contribution in [1.29, 1.82) is 0 Å². The van der Waals surface area contributed by atoms with E-state index in [0.29, 0.717) is 0 Å². The molecule has 0 atom stereocenters. The summed E-state index contributed by atoms with van der Waals surface area (Å²) in [5.41, 5.74) is 0.831. The van der Waals surface area contributed by atoms with E-state index in [9.17, 15) is 9.59 Å². The van der Waals surface area contributed by atoms with Crippen molar-refractivity contribution >= 4 is 28.6 Å². The van der Waals surface area contributed by atoms with Gasteiger partial charge in [-0.2, -0.15) is 0 Å². The summed E-state index contributed by atoms with van der Waals surface area (Å²) in [4.78, 5) is 21.3. The Morgan fingerprint density at radius 1 is 1.00 bits per heavy atom. The van der Waals surface area contributed by atoms with Crippen LogP contribution in [-0.4, -0.2) is 16.9 Å². The summed E-state index contributed by atoms with van der Waals surface area (Å²) in [6, 6.07) is 13.4. The van der Waals surface area contributed by atoms with Gasteiger partial charge < -0.3 is 5.11 Å². The van der Waals surface area contributed by atoms with E-state index in [-0.39, 0.29) is 0 Å². The molecule has 0 saturated heterocycles.